The molecule has 2 saturated heterocycles. The molecule has 1 aromatic rings. The minimum atomic E-state index is -0.000128. The molecule has 2 fully saturated rings. The highest BCUT2D eigenvalue weighted by Crippen LogP contribution is 2.25. The number of carbonyl (C=O) groups excluding carboxylic acids is 2. The van der Waals surface area contributed by atoms with Gasteiger partial charge >= 0.3 is 0 Å². The average Bonchev–Trinajstić information content (AvgIpc) is 3.00. The molecule has 124 valence electrons. The number of benzene rings is 1. The highest BCUT2D eigenvalue weighted by molar-refractivity contribution is 5.86. The van der Waals surface area contributed by atoms with Gasteiger partial charge in [0.15, 0.2) is 0 Å². The van der Waals surface area contributed by atoms with Gasteiger partial charge in [-0.2, -0.15) is 0 Å². The summed E-state index contributed by atoms with van der Waals surface area (Å²) in [6, 6.07) is 7.82. The van der Waals surface area contributed by atoms with Crippen LogP contribution in [0.2, 0.25) is 0 Å². The van der Waals surface area contributed by atoms with E-state index >= 15 is 0 Å². The quantitative estimate of drug-likeness (QED) is 0.892. The van der Waals surface area contributed by atoms with Crippen LogP contribution in [-0.2, 0) is 9.59 Å². The maximum absolute atomic E-state index is 12.7. The van der Waals surface area contributed by atoms with E-state index in [0.29, 0.717) is 19.5 Å². The van der Waals surface area contributed by atoms with E-state index < -0.39 is 0 Å². The molecule has 0 aliphatic carbocycles. The van der Waals surface area contributed by atoms with Crippen molar-refractivity contribution in [2.24, 2.45) is 0 Å². The number of likely N-dealkylation sites (tertiary alicyclic amines) is 1. The standard InChI is InChI=1S/C17H23N3O3/c1-23-14-6-4-13(5-7-14)15-11-18-8-10-20(15)17(22)12-19-9-2-3-16(19)21/h4-7,15,18H,2-3,8-12H2,1H3/t15-/m1/s1. The van der Waals surface area contributed by atoms with Crippen molar-refractivity contribution in [3.8, 4) is 5.75 Å². The number of hydrogen-bond acceptors (Lipinski definition) is 4. The SMILES string of the molecule is COc1ccc([C@H]2CNCCN2C(=O)CN2CCCC2=O)cc1. The minimum Gasteiger partial charge on any atom is -0.497 e. The smallest absolute Gasteiger partial charge is 0.242 e. The summed E-state index contributed by atoms with van der Waals surface area (Å²) >= 11 is 0. The predicted molar refractivity (Wildman–Crippen MR) is 86.1 cm³/mol. The van der Waals surface area contributed by atoms with Gasteiger partial charge in [0.2, 0.25) is 11.8 Å². The maximum Gasteiger partial charge on any atom is 0.242 e. The van der Waals surface area contributed by atoms with Crippen LogP contribution in [0.5, 0.6) is 5.75 Å². The van der Waals surface area contributed by atoms with Crippen molar-refractivity contribution in [3.63, 3.8) is 0 Å². The Morgan fingerprint density at radius 1 is 1.30 bits per heavy atom. The monoisotopic (exact) mass is 317 g/mol. The Morgan fingerprint density at radius 2 is 2.09 bits per heavy atom. The third-order valence-corrected chi connectivity index (χ3v) is 4.56. The lowest BCUT2D eigenvalue weighted by Gasteiger charge is -2.37. The van der Waals surface area contributed by atoms with Gasteiger partial charge in [0.05, 0.1) is 19.7 Å². The second-order valence-electron chi connectivity index (χ2n) is 6.00. The van der Waals surface area contributed by atoms with E-state index in [2.05, 4.69) is 5.32 Å². The summed E-state index contributed by atoms with van der Waals surface area (Å²) < 4.78 is 5.19. The molecule has 6 heteroatoms. The number of amides is 2. The molecule has 2 heterocycles. The zero-order valence-electron chi connectivity index (χ0n) is 13.5. The van der Waals surface area contributed by atoms with E-state index in [-0.39, 0.29) is 24.4 Å². The van der Waals surface area contributed by atoms with Gasteiger partial charge in [-0.25, -0.2) is 0 Å². The van der Waals surface area contributed by atoms with Crippen LogP contribution in [0.15, 0.2) is 24.3 Å². The number of carbonyl (C=O) groups is 2. The normalized spacial score (nSPS) is 21.6. The van der Waals surface area contributed by atoms with Crippen molar-refractivity contribution in [1.29, 1.82) is 0 Å². The van der Waals surface area contributed by atoms with Crippen LogP contribution < -0.4 is 10.1 Å². The van der Waals surface area contributed by atoms with Crippen molar-refractivity contribution in [2.45, 2.75) is 18.9 Å². The third kappa shape index (κ3) is 3.47. The molecule has 1 atom stereocenters. The topological polar surface area (TPSA) is 61.9 Å². The molecule has 0 saturated carbocycles. The lowest BCUT2D eigenvalue weighted by atomic mass is 10.0. The third-order valence-electron chi connectivity index (χ3n) is 4.56. The molecule has 0 unspecified atom stereocenters. The Morgan fingerprint density at radius 3 is 2.74 bits per heavy atom. The van der Waals surface area contributed by atoms with Gasteiger partial charge in [0.25, 0.3) is 0 Å². The van der Waals surface area contributed by atoms with E-state index in [0.717, 1.165) is 30.8 Å². The number of nitrogens with one attached hydrogen (secondary N) is 1. The van der Waals surface area contributed by atoms with E-state index in [1.165, 1.54) is 0 Å². The molecule has 3 rings (SSSR count). The molecular weight excluding hydrogens is 294 g/mol. The number of methoxy groups -OCH3 is 1. The van der Waals surface area contributed by atoms with Gasteiger partial charge in [-0.15, -0.1) is 0 Å². The molecule has 1 aromatic carbocycles. The Hall–Kier alpha value is -2.08. The summed E-state index contributed by atoms with van der Waals surface area (Å²) in [5, 5.41) is 3.34. The van der Waals surface area contributed by atoms with Gasteiger partial charge in [-0.1, -0.05) is 12.1 Å². The molecule has 0 bridgehead atoms. The van der Waals surface area contributed by atoms with E-state index in [9.17, 15) is 9.59 Å². The van der Waals surface area contributed by atoms with Crippen LogP contribution in [0.1, 0.15) is 24.4 Å². The highest BCUT2D eigenvalue weighted by atomic mass is 16.5. The Bertz CT molecular complexity index is 573. The van der Waals surface area contributed by atoms with Gasteiger partial charge in [-0.05, 0) is 24.1 Å². The van der Waals surface area contributed by atoms with Gasteiger partial charge < -0.3 is 19.9 Å². The van der Waals surface area contributed by atoms with Crippen LogP contribution >= 0.6 is 0 Å². The zero-order valence-corrected chi connectivity index (χ0v) is 13.5. The highest BCUT2D eigenvalue weighted by Gasteiger charge is 2.31. The van der Waals surface area contributed by atoms with Crippen LogP contribution in [0.4, 0.5) is 0 Å². The second-order valence-corrected chi connectivity index (χ2v) is 6.00. The number of piperazine rings is 1. The van der Waals surface area contributed by atoms with Crippen molar-refractivity contribution in [2.75, 3.05) is 39.8 Å². The lowest BCUT2D eigenvalue weighted by molar-refractivity contribution is -0.140. The summed E-state index contributed by atoms with van der Waals surface area (Å²) in [6.45, 7) is 3.07. The molecule has 1 N–H and O–H groups in total. The average molecular weight is 317 g/mol. The fourth-order valence-corrected chi connectivity index (χ4v) is 3.25. The van der Waals surface area contributed by atoms with E-state index in [4.69, 9.17) is 4.74 Å². The number of nitrogens with zero attached hydrogens (tertiary/aromatic N) is 2. The summed E-state index contributed by atoms with van der Waals surface area (Å²) in [7, 11) is 1.64. The first kappa shape index (κ1) is 15.8. The molecule has 2 amide bonds. The molecule has 0 spiro atoms. The van der Waals surface area contributed by atoms with Crippen molar-refractivity contribution in [3.05, 3.63) is 29.8 Å². The van der Waals surface area contributed by atoms with E-state index in [1.54, 1.807) is 12.0 Å². The lowest BCUT2D eigenvalue weighted by Crippen LogP contribution is -2.51. The van der Waals surface area contributed by atoms with Crippen molar-refractivity contribution >= 4 is 11.8 Å². The fraction of sp³-hybridized carbons (Fsp3) is 0.529. The van der Waals surface area contributed by atoms with Gasteiger partial charge in [0.1, 0.15) is 5.75 Å². The van der Waals surface area contributed by atoms with Gasteiger partial charge in [0, 0.05) is 32.6 Å². The van der Waals surface area contributed by atoms with Crippen LogP contribution in [0.3, 0.4) is 0 Å². The second kappa shape index (κ2) is 7.00. The summed E-state index contributed by atoms with van der Waals surface area (Å²) in [6.07, 6.45) is 1.42. The van der Waals surface area contributed by atoms with Gasteiger partial charge in [-0.3, -0.25) is 9.59 Å². The Balaban J connectivity index is 1.72. The summed E-state index contributed by atoms with van der Waals surface area (Å²) in [5.41, 5.74) is 1.08. The summed E-state index contributed by atoms with van der Waals surface area (Å²) in [5.74, 6) is 0.926. The Kier molecular flexibility index (Phi) is 4.81. The van der Waals surface area contributed by atoms with Crippen molar-refractivity contribution in [1.82, 2.24) is 15.1 Å². The molecule has 0 aromatic heterocycles. The number of rotatable bonds is 4. The molecule has 2 aliphatic rings. The van der Waals surface area contributed by atoms with E-state index in [1.807, 2.05) is 29.2 Å². The fourth-order valence-electron chi connectivity index (χ4n) is 3.25. The molecule has 2 aliphatic heterocycles. The number of ether oxygens (including phenoxy) is 1. The molecule has 0 radical (unpaired) electrons. The zero-order chi connectivity index (χ0) is 16.2. The van der Waals surface area contributed by atoms with Crippen LogP contribution in [0, 0.1) is 0 Å². The largest absolute Gasteiger partial charge is 0.497 e. The minimum absolute atomic E-state index is 0.000128. The first-order chi connectivity index (χ1) is 11.2. The Labute approximate surface area is 136 Å². The first-order valence-corrected chi connectivity index (χ1v) is 8.11. The first-order valence-electron chi connectivity index (χ1n) is 8.11. The van der Waals surface area contributed by atoms with Crippen molar-refractivity contribution < 1.29 is 14.3 Å². The summed E-state index contributed by atoms with van der Waals surface area (Å²) in [4.78, 5) is 28.0. The molecule has 6 nitrogen and oxygen atoms in total. The van der Waals surface area contributed by atoms with Crippen LogP contribution in [-0.4, -0.2) is 61.4 Å². The molecular formula is C17H23N3O3. The molecule has 23 heavy (non-hydrogen) atoms. The van der Waals surface area contributed by atoms with Crippen LogP contribution in [0.25, 0.3) is 0 Å². The predicted octanol–water partition coefficient (Wildman–Crippen LogP) is 0.790. The number of hydrogen-bond donors (Lipinski definition) is 1. The maximum atomic E-state index is 12.7.